The van der Waals surface area contributed by atoms with Gasteiger partial charge < -0.3 is 15.0 Å². The highest BCUT2D eigenvalue weighted by Gasteiger charge is 2.28. The van der Waals surface area contributed by atoms with Gasteiger partial charge in [0, 0.05) is 30.0 Å². The number of nitrogens with zero attached hydrogens (tertiary/aromatic N) is 2. The maximum absolute atomic E-state index is 13.5. The fourth-order valence-corrected chi connectivity index (χ4v) is 6.15. The van der Waals surface area contributed by atoms with E-state index in [-0.39, 0.29) is 37.4 Å². The molecule has 2 amide bonds. The standard InChI is InChI=1S/C28H38BrN3O5S/c1-21(28(34)30-24-11-5-4-6-12-24)31(20-22-9-7-10-23(29)19-22)27(33)13-8-18-32(38(3,35)36)25-14-16-26(37-2)17-15-25/h7,9-10,14-17,19,21,24H,4-6,8,11-13,18,20H2,1-3H3,(H,30,34)/t21-/m1/s1. The first kappa shape index (κ1) is 30.0. The molecule has 208 valence electrons. The van der Waals surface area contributed by atoms with Gasteiger partial charge in [0.25, 0.3) is 0 Å². The van der Waals surface area contributed by atoms with E-state index in [1.54, 1.807) is 43.2 Å². The smallest absolute Gasteiger partial charge is 0.242 e. The van der Waals surface area contributed by atoms with Crippen molar-refractivity contribution < 1.29 is 22.7 Å². The number of hydrogen-bond acceptors (Lipinski definition) is 5. The maximum atomic E-state index is 13.5. The zero-order valence-corrected chi connectivity index (χ0v) is 24.8. The van der Waals surface area contributed by atoms with Crippen LogP contribution in [0.25, 0.3) is 0 Å². The lowest BCUT2D eigenvalue weighted by Gasteiger charge is -2.31. The van der Waals surface area contributed by atoms with E-state index in [0.29, 0.717) is 17.9 Å². The van der Waals surface area contributed by atoms with E-state index >= 15 is 0 Å². The van der Waals surface area contributed by atoms with Crippen LogP contribution in [0.15, 0.2) is 53.0 Å². The second kappa shape index (κ2) is 14.0. The van der Waals surface area contributed by atoms with Crippen molar-refractivity contribution >= 4 is 43.5 Å². The molecular formula is C28H38BrN3O5S. The average Bonchev–Trinajstić information content (AvgIpc) is 2.89. The van der Waals surface area contributed by atoms with E-state index in [9.17, 15) is 18.0 Å². The monoisotopic (exact) mass is 607 g/mol. The zero-order valence-electron chi connectivity index (χ0n) is 22.4. The molecule has 2 aromatic carbocycles. The van der Waals surface area contributed by atoms with Crippen molar-refractivity contribution in [3.05, 3.63) is 58.6 Å². The van der Waals surface area contributed by atoms with Crippen LogP contribution in [0.4, 0.5) is 5.69 Å². The van der Waals surface area contributed by atoms with Gasteiger partial charge in [-0.15, -0.1) is 0 Å². The fraction of sp³-hybridized carbons (Fsp3) is 0.500. The van der Waals surface area contributed by atoms with Crippen LogP contribution in [0.2, 0.25) is 0 Å². The Morgan fingerprint density at radius 3 is 2.39 bits per heavy atom. The Kier molecular flexibility index (Phi) is 11.0. The van der Waals surface area contributed by atoms with E-state index in [2.05, 4.69) is 21.2 Å². The number of anilines is 1. The lowest BCUT2D eigenvalue weighted by atomic mass is 9.95. The van der Waals surface area contributed by atoms with E-state index in [4.69, 9.17) is 4.74 Å². The molecule has 0 heterocycles. The van der Waals surface area contributed by atoms with E-state index in [1.165, 1.54) is 10.7 Å². The van der Waals surface area contributed by atoms with Gasteiger partial charge >= 0.3 is 0 Å². The Hall–Kier alpha value is -2.59. The number of carbonyl (C=O) groups is 2. The highest BCUT2D eigenvalue weighted by Crippen LogP contribution is 2.23. The minimum Gasteiger partial charge on any atom is -0.497 e. The molecule has 1 aliphatic carbocycles. The molecule has 0 aromatic heterocycles. The van der Waals surface area contributed by atoms with Crippen LogP contribution >= 0.6 is 15.9 Å². The van der Waals surface area contributed by atoms with Gasteiger partial charge in [-0.25, -0.2) is 8.42 Å². The maximum Gasteiger partial charge on any atom is 0.242 e. The van der Waals surface area contributed by atoms with Crippen LogP contribution < -0.4 is 14.4 Å². The van der Waals surface area contributed by atoms with Gasteiger partial charge in [-0.2, -0.15) is 0 Å². The second-order valence-corrected chi connectivity index (χ2v) is 12.6. The van der Waals surface area contributed by atoms with E-state index in [1.807, 2.05) is 24.3 Å². The van der Waals surface area contributed by atoms with Gasteiger partial charge in [0.15, 0.2) is 0 Å². The van der Waals surface area contributed by atoms with Gasteiger partial charge in [0.05, 0.1) is 19.1 Å². The first-order valence-electron chi connectivity index (χ1n) is 13.0. The van der Waals surface area contributed by atoms with Crippen LogP contribution in [-0.4, -0.2) is 57.1 Å². The van der Waals surface area contributed by atoms with Crippen molar-refractivity contribution in [2.24, 2.45) is 0 Å². The van der Waals surface area contributed by atoms with E-state index in [0.717, 1.165) is 42.0 Å². The SMILES string of the molecule is COc1ccc(N(CCCC(=O)N(Cc2cccc(Br)c2)[C@H](C)C(=O)NC2CCCCC2)S(C)(=O)=O)cc1. The van der Waals surface area contributed by atoms with Crippen molar-refractivity contribution in [1.29, 1.82) is 0 Å². The lowest BCUT2D eigenvalue weighted by Crippen LogP contribution is -2.50. The topological polar surface area (TPSA) is 96.0 Å². The minimum absolute atomic E-state index is 0.108. The summed E-state index contributed by atoms with van der Waals surface area (Å²) in [5, 5.41) is 3.14. The molecule has 1 N–H and O–H groups in total. The minimum atomic E-state index is -3.56. The molecule has 1 fully saturated rings. The molecular weight excluding hydrogens is 570 g/mol. The largest absolute Gasteiger partial charge is 0.497 e. The van der Waals surface area contributed by atoms with Crippen LogP contribution in [-0.2, 0) is 26.2 Å². The second-order valence-electron chi connectivity index (χ2n) is 9.81. The molecule has 1 atom stereocenters. The molecule has 1 aliphatic rings. The van der Waals surface area contributed by atoms with Gasteiger partial charge in [-0.05, 0) is 68.1 Å². The van der Waals surface area contributed by atoms with Crippen LogP contribution in [0.1, 0.15) is 57.4 Å². The molecule has 0 aliphatic heterocycles. The third kappa shape index (κ3) is 8.73. The summed E-state index contributed by atoms with van der Waals surface area (Å²) in [5.41, 5.74) is 1.41. The molecule has 2 aromatic rings. The molecule has 1 saturated carbocycles. The Balaban J connectivity index is 1.71. The summed E-state index contributed by atoms with van der Waals surface area (Å²) in [6.45, 7) is 2.18. The first-order chi connectivity index (χ1) is 18.1. The summed E-state index contributed by atoms with van der Waals surface area (Å²) in [6.07, 6.45) is 6.89. The Morgan fingerprint density at radius 1 is 1.11 bits per heavy atom. The summed E-state index contributed by atoms with van der Waals surface area (Å²) < 4.78 is 32.3. The number of sulfonamides is 1. The van der Waals surface area contributed by atoms with Gasteiger partial charge in [0.1, 0.15) is 11.8 Å². The molecule has 0 radical (unpaired) electrons. The number of rotatable bonds is 12. The zero-order chi connectivity index (χ0) is 27.7. The predicted molar refractivity (Wildman–Crippen MR) is 154 cm³/mol. The normalized spacial score (nSPS) is 14.9. The lowest BCUT2D eigenvalue weighted by molar-refractivity contribution is -0.141. The summed E-state index contributed by atoms with van der Waals surface area (Å²) in [5.74, 6) is 0.275. The Morgan fingerprint density at radius 2 is 1.79 bits per heavy atom. The molecule has 0 bridgehead atoms. The van der Waals surface area contributed by atoms with Gasteiger partial charge in [-0.1, -0.05) is 47.3 Å². The quantitative estimate of drug-likeness (QED) is 0.371. The van der Waals surface area contributed by atoms with Crippen molar-refractivity contribution in [3.8, 4) is 5.75 Å². The van der Waals surface area contributed by atoms with Crippen LogP contribution in [0.5, 0.6) is 5.75 Å². The molecule has 0 spiro atoms. The Bertz CT molecular complexity index is 1180. The number of amides is 2. The summed E-state index contributed by atoms with van der Waals surface area (Å²) >= 11 is 3.48. The summed E-state index contributed by atoms with van der Waals surface area (Å²) in [7, 11) is -2.01. The highest BCUT2D eigenvalue weighted by molar-refractivity contribution is 9.10. The fourth-order valence-electron chi connectivity index (χ4n) is 4.74. The van der Waals surface area contributed by atoms with Crippen molar-refractivity contribution in [2.75, 3.05) is 24.2 Å². The van der Waals surface area contributed by atoms with Gasteiger partial charge in [0.2, 0.25) is 21.8 Å². The first-order valence-corrected chi connectivity index (χ1v) is 15.7. The van der Waals surface area contributed by atoms with Gasteiger partial charge in [-0.3, -0.25) is 13.9 Å². The molecule has 8 nitrogen and oxygen atoms in total. The molecule has 0 saturated heterocycles. The number of carbonyl (C=O) groups excluding carboxylic acids is 2. The number of methoxy groups -OCH3 is 1. The molecule has 3 rings (SSSR count). The number of halogens is 1. The van der Waals surface area contributed by atoms with Crippen molar-refractivity contribution in [2.45, 2.75) is 70.5 Å². The summed E-state index contributed by atoms with van der Waals surface area (Å²) in [4.78, 5) is 28.2. The van der Waals surface area contributed by atoms with E-state index < -0.39 is 16.1 Å². The number of nitrogens with one attached hydrogen (secondary N) is 1. The predicted octanol–water partition coefficient (Wildman–Crippen LogP) is 4.87. The van der Waals surface area contributed by atoms with Crippen LogP contribution in [0, 0.1) is 0 Å². The Labute approximate surface area is 234 Å². The summed E-state index contributed by atoms with van der Waals surface area (Å²) in [6, 6.07) is 13.9. The van der Waals surface area contributed by atoms with Crippen LogP contribution in [0.3, 0.4) is 0 Å². The third-order valence-electron chi connectivity index (χ3n) is 6.87. The number of hydrogen-bond donors (Lipinski definition) is 1. The van der Waals surface area contributed by atoms with Crippen molar-refractivity contribution in [3.63, 3.8) is 0 Å². The van der Waals surface area contributed by atoms with Crippen molar-refractivity contribution in [1.82, 2.24) is 10.2 Å². The third-order valence-corrected chi connectivity index (χ3v) is 8.56. The number of benzene rings is 2. The molecule has 0 unspecified atom stereocenters. The average molecular weight is 609 g/mol. The number of ether oxygens (including phenoxy) is 1. The molecule has 10 heteroatoms. The molecule has 38 heavy (non-hydrogen) atoms. The highest BCUT2D eigenvalue weighted by atomic mass is 79.9.